The zero-order valence-corrected chi connectivity index (χ0v) is 15.8. The van der Waals surface area contributed by atoms with E-state index >= 15 is 0 Å². The molecule has 1 saturated carbocycles. The number of carboxylic acid groups (broad SMARTS) is 1. The molecule has 1 aromatic rings. The highest BCUT2D eigenvalue weighted by atomic mass is 35.5. The molecule has 0 bridgehead atoms. The van der Waals surface area contributed by atoms with E-state index < -0.39 is 19.6 Å². The molecule has 142 valence electrons. The van der Waals surface area contributed by atoms with Crippen molar-refractivity contribution in [1.82, 2.24) is 0 Å². The third-order valence-corrected chi connectivity index (χ3v) is 5.54. The molecule has 6 nitrogen and oxygen atoms in total. The van der Waals surface area contributed by atoms with Gasteiger partial charge in [0.2, 0.25) is 0 Å². The Hall–Kier alpha value is -0.910. The zero-order chi connectivity index (χ0) is 17.7. The largest absolute Gasteiger partial charge is 0.480 e. The molecule has 1 aliphatic rings. The molecule has 0 spiro atoms. The number of halogens is 1. The molecule has 2 rings (SSSR count). The van der Waals surface area contributed by atoms with Gasteiger partial charge in [0.15, 0.2) is 0 Å². The summed E-state index contributed by atoms with van der Waals surface area (Å²) in [5.41, 5.74) is 8.42. The highest BCUT2D eigenvalue weighted by Crippen LogP contribution is 2.37. The van der Waals surface area contributed by atoms with E-state index in [2.05, 4.69) is 0 Å². The van der Waals surface area contributed by atoms with Gasteiger partial charge in [-0.1, -0.05) is 37.5 Å². The van der Waals surface area contributed by atoms with Gasteiger partial charge in [-0.3, -0.25) is 9.36 Å². The molecule has 25 heavy (non-hydrogen) atoms. The van der Waals surface area contributed by atoms with E-state index in [1.807, 2.05) is 18.2 Å². The lowest BCUT2D eigenvalue weighted by molar-refractivity contribution is -0.138. The van der Waals surface area contributed by atoms with Gasteiger partial charge in [0.1, 0.15) is 6.04 Å². The summed E-state index contributed by atoms with van der Waals surface area (Å²) in [6.07, 6.45) is 6.07. The van der Waals surface area contributed by atoms with Crippen molar-refractivity contribution in [2.75, 3.05) is 6.16 Å². The van der Waals surface area contributed by atoms with Gasteiger partial charge < -0.3 is 20.6 Å². The van der Waals surface area contributed by atoms with Crippen LogP contribution < -0.4 is 5.73 Å². The van der Waals surface area contributed by atoms with E-state index in [0.717, 1.165) is 24.0 Å². The lowest BCUT2D eigenvalue weighted by Crippen LogP contribution is -2.32. The Kier molecular flexibility index (Phi) is 8.58. The molecular weight excluding hydrogens is 365 g/mol. The summed E-state index contributed by atoms with van der Waals surface area (Å²) < 4.78 is 11.1. The van der Waals surface area contributed by atoms with Crippen molar-refractivity contribution in [3.8, 4) is 0 Å². The Morgan fingerprint density at radius 2 is 1.84 bits per heavy atom. The molecule has 0 aromatic heterocycles. The first-order chi connectivity index (χ1) is 11.3. The van der Waals surface area contributed by atoms with Crippen molar-refractivity contribution < 1.29 is 24.3 Å². The second-order valence-electron chi connectivity index (χ2n) is 6.65. The molecule has 0 aliphatic heterocycles. The quantitative estimate of drug-likeness (QED) is 0.530. The lowest BCUT2D eigenvalue weighted by Gasteiger charge is -2.23. The average Bonchev–Trinajstić information content (AvgIpc) is 2.53. The van der Waals surface area contributed by atoms with Crippen LogP contribution in [0, 0.1) is 0 Å². The van der Waals surface area contributed by atoms with Crippen molar-refractivity contribution in [2.45, 2.75) is 56.9 Å². The van der Waals surface area contributed by atoms with Crippen LogP contribution in [0.25, 0.3) is 0 Å². The summed E-state index contributed by atoms with van der Waals surface area (Å²) in [6.45, 7) is 0. The molecule has 1 aromatic carbocycles. The van der Waals surface area contributed by atoms with E-state index in [1.54, 1.807) is 0 Å². The molecule has 1 unspecified atom stereocenters. The molecular formula is C17H27ClNO5P. The summed E-state index contributed by atoms with van der Waals surface area (Å²) >= 11 is 0. The smallest absolute Gasteiger partial charge is 0.325 e. The molecule has 1 fully saturated rings. The predicted molar refractivity (Wildman–Crippen MR) is 99.4 cm³/mol. The van der Waals surface area contributed by atoms with E-state index in [1.165, 1.54) is 24.8 Å². The third-order valence-electron chi connectivity index (χ3n) is 4.74. The van der Waals surface area contributed by atoms with Gasteiger partial charge in [0.25, 0.3) is 0 Å². The Morgan fingerprint density at radius 3 is 2.40 bits per heavy atom. The van der Waals surface area contributed by atoms with Crippen LogP contribution in [0.15, 0.2) is 18.2 Å². The normalized spacial score (nSPS) is 16.9. The van der Waals surface area contributed by atoms with Gasteiger partial charge in [-0.2, -0.15) is 0 Å². The Labute approximate surface area is 154 Å². The van der Waals surface area contributed by atoms with Crippen molar-refractivity contribution in [3.63, 3.8) is 0 Å². The van der Waals surface area contributed by atoms with E-state index in [-0.39, 0.29) is 31.4 Å². The maximum Gasteiger partial charge on any atom is 0.325 e. The van der Waals surface area contributed by atoms with Gasteiger partial charge in [-0.25, -0.2) is 0 Å². The molecule has 1 aliphatic carbocycles. The van der Waals surface area contributed by atoms with Crippen LogP contribution in [-0.2, 0) is 22.2 Å². The third kappa shape index (κ3) is 7.08. The Bertz CT molecular complexity index is 627. The molecule has 8 heteroatoms. The second-order valence-corrected chi connectivity index (χ2v) is 8.43. The van der Waals surface area contributed by atoms with E-state index in [9.17, 15) is 9.36 Å². The number of rotatable bonds is 7. The predicted octanol–water partition coefficient (Wildman–Crippen LogP) is 2.83. The summed E-state index contributed by atoms with van der Waals surface area (Å²) in [5.74, 6) is -0.589. The highest BCUT2D eigenvalue weighted by molar-refractivity contribution is 7.51. The summed E-state index contributed by atoms with van der Waals surface area (Å²) in [7, 11) is -4.09. The summed E-state index contributed by atoms with van der Waals surface area (Å²) in [5, 5.41) is 9.06. The molecule has 0 amide bonds. The average molecular weight is 392 g/mol. The zero-order valence-electron chi connectivity index (χ0n) is 14.1. The minimum absolute atomic E-state index is 0. The maximum absolute atomic E-state index is 11.1. The fourth-order valence-corrected chi connectivity index (χ4v) is 3.89. The lowest BCUT2D eigenvalue weighted by atomic mass is 9.82. The first kappa shape index (κ1) is 22.1. The number of benzene rings is 1. The highest BCUT2D eigenvalue weighted by Gasteiger charge is 2.21. The fourth-order valence-electron chi connectivity index (χ4n) is 3.36. The molecule has 1 atom stereocenters. The van der Waals surface area contributed by atoms with Crippen LogP contribution in [0.3, 0.4) is 0 Å². The number of carbonyl (C=O) groups is 1. The number of hydrogen-bond acceptors (Lipinski definition) is 3. The van der Waals surface area contributed by atoms with Gasteiger partial charge >= 0.3 is 13.6 Å². The van der Waals surface area contributed by atoms with Crippen LogP contribution in [0.1, 0.15) is 54.7 Å². The number of aliphatic carboxylic acids is 1. The van der Waals surface area contributed by atoms with Gasteiger partial charge in [0.05, 0.1) is 6.16 Å². The van der Waals surface area contributed by atoms with Crippen molar-refractivity contribution in [1.29, 1.82) is 0 Å². The molecule has 0 saturated heterocycles. The minimum atomic E-state index is -4.09. The standard InChI is InChI=1S/C17H26NO5P.ClH/c18-16(17(19)20)11-15-10-14(12-4-2-1-3-5-12)7-6-13(15)8-9-24(21,22)23;/h6-7,10,12,16H,1-5,8-9,11,18H2,(H,19,20)(H2,21,22,23);1H. The topological polar surface area (TPSA) is 121 Å². The SMILES string of the molecule is Cl.NC(Cc1cc(C2CCCCC2)ccc1CCP(=O)(O)O)C(=O)O. The molecule has 5 N–H and O–H groups in total. The Balaban J connectivity index is 0.00000312. The van der Waals surface area contributed by atoms with E-state index in [0.29, 0.717) is 5.92 Å². The van der Waals surface area contributed by atoms with Gasteiger partial charge in [-0.15, -0.1) is 12.4 Å². The van der Waals surface area contributed by atoms with Crippen molar-refractivity contribution in [3.05, 3.63) is 34.9 Å². The van der Waals surface area contributed by atoms with Gasteiger partial charge in [0, 0.05) is 0 Å². The second kappa shape index (κ2) is 9.70. The van der Waals surface area contributed by atoms with Crippen LogP contribution in [0.4, 0.5) is 0 Å². The van der Waals surface area contributed by atoms with Crippen LogP contribution >= 0.6 is 20.0 Å². The minimum Gasteiger partial charge on any atom is -0.480 e. The van der Waals surface area contributed by atoms with Crippen LogP contribution in [-0.4, -0.2) is 33.1 Å². The molecule has 0 heterocycles. The number of carboxylic acids is 1. The summed E-state index contributed by atoms with van der Waals surface area (Å²) in [4.78, 5) is 29.3. The number of nitrogens with two attached hydrogens (primary N) is 1. The van der Waals surface area contributed by atoms with Gasteiger partial charge in [-0.05, 0) is 48.3 Å². The Morgan fingerprint density at radius 1 is 1.20 bits per heavy atom. The number of aryl methyl sites for hydroxylation is 1. The number of hydrogen-bond donors (Lipinski definition) is 4. The monoisotopic (exact) mass is 391 g/mol. The maximum atomic E-state index is 11.1. The first-order valence-electron chi connectivity index (χ1n) is 8.41. The molecule has 0 radical (unpaired) electrons. The van der Waals surface area contributed by atoms with Crippen LogP contribution in [0.5, 0.6) is 0 Å². The van der Waals surface area contributed by atoms with E-state index in [4.69, 9.17) is 20.6 Å². The first-order valence-corrected chi connectivity index (χ1v) is 10.2. The van der Waals surface area contributed by atoms with Crippen molar-refractivity contribution in [2.24, 2.45) is 5.73 Å². The van der Waals surface area contributed by atoms with Crippen molar-refractivity contribution >= 4 is 26.0 Å². The fraction of sp³-hybridized carbons (Fsp3) is 0.588. The van der Waals surface area contributed by atoms with Crippen LogP contribution in [0.2, 0.25) is 0 Å². The summed E-state index contributed by atoms with van der Waals surface area (Å²) in [6, 6.07) is 4.87.